The molecule has 0 aromatic carbocycles. The fourth-order valence-corrected chi connectivity index (χ4v) is 2.05. The Labute approximate surface area is 133 Å². The Kier molecular flexibility index (Phi) is 9.17. The SMILES string of the molecule is CC(=C[CH+]C(C)C)CC(C)(C)/C=C/C=C(C)/C=C/C(C)C. The molecule has 0 amide bonds. The van der Waals surface area contributed by atoms with Crippen molar-refractivity contribution in [2.45, 2.75) is 61.8 Å². The maximum Gasteiger partial charge on any atom is 0.0921 e. The fourth-order valence-electron chi connectivity index (χ4n) is 2.05. The molecule has 0 heterocycles. The molecule has 0 saturated carbocycles. The topological polar surface area (TPSA) is 0 Å². The summed E-state index contributed by atoms with van der Waals surface area (Å²) in [5.41, 5.74) is 2.94. The van der Waals surface area contributed by atoms with Crippen LogP contribution in [0.25, 0.3) is 0 Å². The van der Waals surface area contributed by atoms with Crippen molar-refractivity contribution >= 4 is 0 Å². The number of hydrogen-bond donors (Lipinski definition) is 0. The fraction of sp³-hybridized carbons (Fsp3) is 0.571. The quantitative estimate of drug-likeness (QED) is 0.335. The zero-order chi connectivity index (χ0) is 16.5. The molecule has 0 aliphatic heterocycles. The van der Waals surface area contributed by atoms with Gasteiger partial charge in [-0.05, 0) is 26.7 Å². The predicted molar refractivity (Wildman–Crippen MR) is 98.2 cm³/mol. The highest BCUT2D eigenvalue weighted by atomic mass is 14.2. The van der Waals surface area contributed by atoms with Gasteiger partial charge in [0.15, 0.2) is 0 Å². The minimum Gasteiger partial charge on any atom is -0.0817 e. The van der Waals surface area contributed by atoms with E-state index in [4.69, 9.17) is 0 Å². The molecule has 0 rings (SSSR count). The molecule has 0 aromatic heterocycles. The van der Waals surface area contributed by atoms with Crippen molar-refractivity contribution in [3.8, 4) is 0 Å². The highest BCUT2D eigenvalue weighted by Gasteiger charge is 2.17. The molecule has 0 saturated heterocycles. The third kappa shape index (κ3) is 12.3. The van der Waals surface area contributed by atoms with Crippen LogP contribution in [0.15, 0.2) is 47.6 Å². The lowest BCUT2D eigenvalue weighted by Gasteiger charge is -2.17. The van der Waals surface area contributed by atoms with Crippen molar-refractivity contribution in [2.24, 2.45) is 17.3 Å². The lowest BCUT2D eigenvalue weighted by Crippen LogP contribution is -2.07. The highest BCUT2D eigenvalue weighted by Crippen LogP contribution is 2.27. The van der Waals surface area contributed by atoms with E-state index in [2.05, 4.69) is 98.3 Å². The summed E-state index contributed by atoms with van der Waals surface area (Å²) < 4.78 is 0. The van der Waals surface area contributed by atoms with Crippen LogP contribution in [0.5, 0.6) is 0 Å². The van der Waals surface area contributed by atoms with Crippen LogP contribution in [-0.2, 0) is 0 Å². The minimum absolute atomic E-state index is 0.198. The molecule has 0 atom stereocenters. The Bertz CT molecular complexity index is 398. The van der Waals surface area contributed by atoms with Gasteiger partial charge >= 0.3 is 0 Å². The highest BCUT2D eigenvalue weighted by molar-refractivity contribution is 5.23. The summed E-state index contributed by atoms with van der Waals surface area (Å²) in [6.45, 7) is 17.8. The van der Waals surface area contributed by atoms with Crippen molar-refractivity contribution in [1.82, 2.24) is 0 Å². The average Bonchev–Trinajstić information content (AvgIpc) is 2.33. The first-order valence-corrected chi connectivity index (χ1v) is 8.17. The van der Waals surface area contributed by atoms with E-state index in [9.17, 15) is 0 Å². The first kappa shape index (κ1) is 19.8. The van der Waals surface area contributed by atoms with E-state index in [0.29, 0.717) is 11.8 Å². The molecule has 0 aromatic rings. The molecular formula is C21H35+. The lowest BCUT2D eigenvalue weighted by molar-refractivity contribution is 0.475. The van der Waals surface area contributed by atoms with E-state index in [-0.39, 0.29) is 5.41 Å². The molecule has 21 heavy (non-hydrogen) atoms. The molecule has 0 heteroatoms. The summed E-state index contributed by atoms with van der Waals surface area (Å²) in [6, 6.07) is 0. The van der Waals surface area contributed by atoms with E-state index in [0.717, 1.165) is 6.42 Å². The van der Waals surface area contributed by atoms with Gasteiger partial charge in [0.2, 0.25) is 0 Å². The molecule has 0 aliphatic rings. The van der Waals surface area contributed by atoms with Crippen LogP contribution in [0.4, 0.5) is 0 Å². The Morgan fingerprint density at radius 1 is 1.10 bits per heavy atom. The average molecular weight is 288 g/mol. The van der Waals surface area contributed by atoms with Gasteiger partial charge in [0.05, 0.1) is 11.6 Å². The first-order valence-electron chi connectivity index (χ1n) is 8.17. The number of hydrogen-bond acceptors (Lipinski definition) is 0. The van der Waals surface area contributed by atoms with E-state index in [1.165, 1.54) is 11.1 Å². The molecule has 0 N–H and O–H groups in total. The van der Waals surface area contributed by atoms with Crippen molar-refractivity contribution in [1.29, 1.82) is 0 Å². The third-order valence-electron chi connectivity index (χ3n) is 3.15. The largest absolute Gasteiger partial charge is 0.0921 e. The zero-order valence-electron chi connectivity index (χ0n) is 15.4. The number of allylic oxidation sites excluding steroid dienone is 8. The maximum atomic E-state index is 2.31. The van der Waals surface area contributed by atoms with Crippen LogP contribution in [0.1, 0.15) is 61.8 Å². The standard InChI is InChI=1S/C21H35/c1-17(2)11-13-19(5)10-9-15-21(7,8)16-20(6)14-12-18(3)4/h9-15,17-18H,16H2,1-8H3/q+1/b13-11+,15-9+,19-10+,20-14?. The molecular weight excluding hydrogens is 252 g/mol. The van der Waals surface area contributed by atoms with Crippen LogP contribution in [0, 0.1) is 23.7 Å². The summed E-state index contributed by atoms with van der Waals surface area (Å²) in [5, 5.41) is 0. The summed E-state index contributed by atoms with van der Waals surface area (Å²) in [5.74, 6) is 1.23. The van der Waals surface area contributed by atoms with Crippen molar-refractivity contribution in [3.63, 3.8) is 0 Å². The van der Waals surface area contributed by atoms with Crippen LogP contribution >= 0.6 is 0 Å². The van der Waals surface area contributed by atoms with Crippen molar-refractivity contribution in [3.05, 3.63) is 54.0 Å². The molecule has 0 aliphatic carbocycles. The van der Waals surface area contributed by atoms with Gasteiger partial charge in [0.1, 0.15) is 0 Å². The predicted octanol–water partition coefficient (Wildman–Crippen LogP) is 6.92. The molecule has 0 bridgehead atoms. The normalized spacial score (nSPS) is 15.0. The molecule has 0 nitrogen and oxygen atoms in total. The van der Waals surface area contributed by atoms with Gasteiger partial charge in [0.25, 0.3) is 0 Å². The van der Waals surface area contributed by atoms with Gasteiger partial charge in [-0.2, -0.15) is 0 Å². The monoisotopic (exact) mass is 287 g/mol. The van der Waals surface area contributed by atoms with Crippen LogP contribution in [-0.4, -0.2) is 0 Å². The lowest BCUT2D eigenvalue weighted by atomic mass is 9.85. The van der Waals surface area contributed by atoms with Gasteiger partial charge in [-0.15, -0.1) is 0 Å². The van der Waals surface area contributed by atoms with Gasteiger partial charge in [-0.3, -0.25) is 0 Å². The summed E-state index contributed by atoms with van der Waals surface area (Å²) in [6.07, 6.45) is 16.8. The Morgan fingerprint density at radius 3 is 2.24 bits per heavy atom. The second-order valence-corrected chi connectivity index (χ2v) is 7.49. The first-order chi connectivity index (χ1) is 9.62. The maximum absolute atomic E-state index is 2.31. The smallest absolute Gasteiger partial charge is 0.0817 e. The van der Waals surface area contributed by atoms with Gasteiger partial charge < -0.3 is 0 Å². The summed E-state index contributed by atoms with van der Waals surface area (Å²) in [7, 11) is 0. The van der Waals surface area contributed by atoms with E-state index < -0.39 is 0 Å². The molecule has 118 valence electrons. The van der Waals surface area contributed by atoms with E-state index in [1.807, 2.05) is 0 Å². The summed E-state index contributed by atoms with van der Waals surface area (Å²) in [4.78, 5) is 0. The summed E-state index contributed by atoms with van der Waals surface area (Å²) >= 11 is 0. The van der Waals surface area contributed by atoms with E-state index in [1.54, 1.807) is 0 Å². The molecule has 0 radical (unpaired) electrons. The minimum atomic E-state index is 0.198. The van der Waals surface area contributed by atoms with Crippen LogP contribution in [0.2, 0.25) is 0 Å². The van der Waals surface area contributed by atoms with Crippen LogP contribution < -0.4 is 0 Å². The van der Waals surface area contributed by atoms with Crippen molar-refractivity contribution < 1.29 is 0 Å². The second kappa shape index (κ2) is 9.71. The van der Waals surface area contributed by atoms with Crippen molar-refractivity contribution in [2.75, 3.05) is 0 Å². The van der Waals surface area contributed by atoms with E-state index >= 15 is 0 Å². The molecule has 0 fully saturated rings. The zero-order valence-corrected chi connectivity index (χ0v) is 15.4. The number of rotatable bonds is 8. The van der Waals surface area contributed by atoms with Gasteiger partial charge in [0, 0.05) is 31.1 Å². The molecule has 0 spiro atoms. The second-order valence-electron chi connectivity index (χ2n) is 7.49. The third-order valence-corrected chi connectivity index (χ3v) is 3.15. The van der Waals surface area contributed by atoms with Crippen LogP contribution in [0.3, 0.4) is 0 Å². The Morgan fingerprint density at radius 2 is 1.71 bits per heavy atom. The molecule has 0 unspecified atom stereocenters. The van der Waals surface area contributed by atoms with Gasteiger partial charge in [-0.25, -0.2) is 0 Å². The Hall–Kier alpha value is -1.17. The Balaban J connectivity index is 4.55. The van der Waals surface area contributed by atoms with Gasteiger partial charge in [-0.1, -0.05) is 63.6 Å².